The van der Waals surface area contributed by atoms with E-state index in [1.807, 2.05) is 0 Å². The van der Waals surface area contributed by atoms with Crippen LogP contribution >= 0.6 is 22.6 Å². The Kier molecular flexibility index (Phi) is 4.66. The van der Waals surface area contributed by atoms with E-state index in [-0.39, 0.29) is 16.3 Å². The van der Waals surface area contributed by atoms with E-state index in [1.54, 1.807) is 28.7 Å². The second-order valence-corrected chi connectivity index (χ2v) is 7.13. The van der Waals surface area contributed by atoms with Crippen molar-refractivity contribution in [3.8, 4) is 0 Å². The quantitative estimate of drug-likeness (QED) is 0.736. The molecule has 0 saturated heterocycles. The maximum Gasteiger partial charge on any atom is 0.433 e. The molecule has 22 heavy (non-hydrogen) atoms. The van der Waals surface area contributed by atoms with Crippen LogP contribution in [0.15, 0.2) is 41.3 Å². The lowest BCUT2D eigenvalue weighted by molar-refractivity contribution is -0.141. The molecule has 0 fully saturated rings. The molecule has 0 aliphatic rings. The van der Waals surface area contributed by atoms with Gasteiger partial charge in [-0.25, -0.2) is 13.4 Å². The molecular formula is C13H10F3IN2O2S. The number of hydrogen-bond acceptors (Lipinski definition) is 3. The predicted molar refractivity (Wildman–Crippen MR) is 83.9 cm³/mol. The van der Waals surface area contributed by atoms with Crippen molar-refractivity contribution >= 4 is 38.3 Å². The highest BCUT2D eigenvalue weighted by Gasteiger charge is 2.34. The Hall–Kier alpha value is -1.36. The van der Waals surface area contributed by atoms with Gasteiger partial charge in [-0.05, 0) is 47.7 Å². The fraction of sp³-hybridized carbons (Fsp3) is 0.154. The molecule has 1 heterocycles. The Morgan fingerprint density at radius 2 is 1.77 bits per heavy atom. The number of anilines is 1. The van der Waals surface area contributed by atoms with Crippen molar-refractivity contribution < 1.29 is 21.6 Å². The van der Waals surface area contributed by atoms with Crippen molar-refractivity contribution in [3.05, 3.63) is 51.4 Å². The lowest BCUT2D eigenvalue weighted by Crippen LogP contribution is -2.17. The van der Waals surface area contributed by atoms with E-state index in [0.717, 1.165) is 0 Å². The van der Waals surface area contributed by atoms with Crippen molar-refractivity contribution in [2.75, 3.05) is 4.72 Å². The molecule has 4 nitrogen and oxygen atoms in total. The van der Waals surface area contributed by atoms with Crippen LogP contribution < -0.4 is 4.72 Å². The standard InChI is InChI=1S/C13H10F3IN2O2S/c1-8-12(17)10(7-11(18-8)13(14,15)16)19-22(20,21)9-5-3-2-4-6-9/h2-7H,1H3,(H,18,19). The first-order chi connectivity index (χ1) is 10.1. The Morgan fingerprint density at radius 3 is 2.32 bits per heavy atom. The summed E-state index contributed by atoms with van der Waals surface area (Å²) in [7, 11) is -3.96. The molecule has 0 aliphatic carbocycles. The van der Waals surface area contributed by atoms with Gasteiger partial charge in [0.2, 0.25) is 0 Å². The van der Waals surface area contributed by atoms with Crippen LogP contribution in [0.1, 0.15) is 11.4 Å². The van der Waals surface area contributed by atoms with Crippen LogP contribution in [0.2, 0.25) is 0 Å². The van der Waals surface area contributed by atoms with E-state index >= 15 is 0 Å². The summed E-state index contributed by atoms with van der Waals surface area (Å²) in [4.78, 5) is 3.41. The third-order valence-electron chi connectivity index (χ3n) is 2.71. The molecule has 0 bridgehead atoms. The molecule has 1 aromatic heterocycles. The van der Waals surface area contributed by atoms with Crippen LogP contribution in [0, 0.1) is 10.5 Å². The molecule has 0 unspecified atom stereocenters. The first-order valence-corrected chi connectivity index (χ1v) is 8.49. The van der Waals surface area contributed by atoms with Gasteiger partial charge in [0.25, 0.3) is 10.0 Å². The minimum Gasteiger partial charge on any atom is -0.278 e. The van der Waals surface area contributed by atoms with E-state index in [1.165, 1.54) is 31.2 Å². The number of pyridine rings is 1. The summed E-state index contributed by atoms with van der Waals surface area (Å²) in [6.45, 7) is 1.39. The van der Waals surface area contributed by atoms with Gasteiger partial charge in [-0.2, -0.15) is 13.2 Å². The van der Waals surface area contributed by atoms with Gasteiger partial charge in [0.15, 0.2) is 0 Å². The van der Waals surface area contributed by atoms with E-state index in [9.17, 15) is 21.6 Å². The average molecular weight is 442 g/mol. The van der Waals surface area contributed by atoms with Crippen molar-refractivity contribution in [1.82, 2.24) is 4.98 Å². The van der Waals surface area contributed by atoms with Crippen molar-refractivity contribution in [2.24, 2.45) is 0 Å². The Labute approximate surface area is 139 Å². The number of sulfonamides is 1. The van der Waals surface area contributed by atoms with Crippen molar-refractivity contribution in [1.29, 1.82) is 0 Å². The van der Waals surface area contributed by atoms with E-state index in [2.05, 4.69) is 9.71 Å². The van der Waals surface area contributed by atoms with Gasteiger partial charge in [-0.3, -0.25) is 4.72 Å². The summed E-state index contributed by atoms with van der Waals surface area (Å²) in [5, 5.41) is 0. The van der Waals surface area contributed by atoms with Gasteiger partial charge < -0.3 is 0 Å². The zero-order chi connectivity index (χ0) is 16.5. The summed E-state index contributed by atoms with van der Waals surface area (Å²) in [5.74, 6) is 0. The van der Waals surface area contributed by atoms with Crippen LogP contribution in [-0.4, -0.2) is 13.4 Å². The molecule has 0 spiro atoms. The number of halogens is 4. The monoisotopic (exact) mass is 442 g/mol. The van der Waals surface area contributed by atoms with Gasteiger partial charge in [0.05, 0.1) is 19.8 Å². The highest BCUT2D eigenvalue weighted by Crippen LogP contribution is 2.33. The number of nitrogens with zero attached hydrogens (tertiary/aromatic N) is 1. The van der Waals surface area contributed by atoms with Crippen molar-refractivity contribution in [3.63, 3.8) is 0 Å². The first-order valence-electron chi connectivity index (χ1n) is 5.93. The lowest BCUT2D eigenvalue weighted by atomic mass is 10.2. The summed E-state index contributed by atoms with van der Waals surface area (Å²) in [5.41, 5.74) is -1.19. The average Bonchev–Trinajstić information content (AvgIpc) is 2.43. The molecule has 2 aromatic rings. The van der Waals surface area contributed by atoms with E-state index in [4.69, 9.17) is 0 Å². The molecule has 118 valence electrons. The smallest absolute Gasteiger partial charge is 0.278 e. The van der Waals surface area contributed by atoms with Crippen LogP contribution in [0.25, 0.3) is 0 Å². The Morgan fingerprint density at radius 1 is 1.18 bits per heavy atom. The molecule has 0 radical (unpaired) electrons. The fourth-order valence-corrected chi connectivity index (χ4v) is 3.36. The van der Waals surface area contributed by atoms with Gasteiger partial charge in [0, 0.05) is 0 Å². The molecule has 0 aliphatic heterocycles. The third-order valence-corrected chi connectivity index (χ3v) is 5.45. The van der Waals surface area contributed by atoms with Gasteiger partial charge >= 0.3 is 6.18 Å². The minimum atomic E-state index is -4.65. The van der Waals surface area contributed by atoms with Gasteiger partial charge in [-0.1, -0.05) is 18.2 Å². The molecule has 1 N–H and O–H groups in total. The molecular weight excluding hydrogens is 432 g/mol. The molecule has 0 atom stereocenters. The lowest BCUT2D eigenvalue weighted by Gasteiger charge is -2.14. The SMILES string of the molecule is Cc1nc(C(F)(F)F)cc(NS(=O)(=O)c2ccccc2)c1I. The summed E-state index contributed by atoms with van der Waals surface area (Å²) in [6.07, 6.45) is -4.65. The molecule has 1 aromatic carbocycles. The zero-order valence-corrected chi connectivity index (χ0v) is 14.1. The summed E-state index contributed by atoms with van der Waals surface area (Å²) < 4.78 is 65.3. The van der Waals surface area contributed by atoms with Crippen LogP contribution in [0.3, 0.4) is 0 Å². The zero-order valence-electron chi connectivity index (χ0n) is 11.1. The third kappa shape index (κ3) is 3.69. The number of aryl methyl sites for hydroxylation is 1. The maximum atomic E-state index is 12.8. The molecule has 9 heteroatoms. The number of hydrogen-bond donors (Lipinski definition) is 1. The largest absolute Gasteiger partial charge is 0.433 e. The second kappa shape index (κ2) is 6.03. The van der Waals surface area contributed by atoms with Gasteiger partial charge in [0.1, 0.15) is 5.69 Å². The first kappa shape index (κ1) is 17.0. The maximum absolute atomic E-state index is 12.8. The van der Waals surface area contributed by atoms with Crippen LogP contribution in [0.5, 0.6) is 0 Å². The predicted octanol–water partition coefficient (Wildman–Crippen LogP) is 3.81. The number of alkyl halides is 3. The Balaban J connectivity index is 2.48. The second-order valence-electron chi connectivity index (χ2n) is 4.37. The number of rotatable bonds is 3. The Bertz CT molecular complexity index is 793. The topological polar surface area (TPSA) is 59.1 Å². The van der Waals surface area contributed by atoms with Crippen LogP contribution in [-0.2, 0) is 16.2 Å². The van der Waals surface area contributed by atoms with Crippen LogP contribution in [0.4, 0.5) is 18.9 Å². The molecule has 0 saturated carbocycles. The van der Waals surface area contributed by atoms with E-state index in [0.29, 0.717) is 9.64 Å². The summed E-state index contributed by atoms with van der Waals surface area (Å²) in [6, 6.07) is 8.09. The van der Waals surface area contributed by atoms with Crippen molar-refractivity contribution in [2.45, 2.75) is 18.0 Å². The normalized spacial score (nSPS) is 12.2. The number of benzene rings is 1. The summed E-state index contributed by atoms with van der Waals surface area (Å²) >= 11 is 1.75. The molecule has 2 rings (SSSR count). The fourth-order valence-electron chi connectivity index (χ4n) is 1.68. The highest BCUT2D eigenvalue weighted by atomic mass is 127. The minimum absolute atomic E-state index is 0.0335. The number of aromatic nitrogens is 1. The highest BCUT2D eigenvalue weighted by molar-refractivity contribution is 14.1. The number of nitrogens with one attached hydrogen (secondary N) is 1. The molecule has 0 amide bonds. The van der Waals surface area contributed by atoms with Gasteiger partial charge in [-0.15, -0.1) is 0 Å². The van der Waals surface area contributed by atoms with E-state index < -0.39 is 21.9 Å².